The predicted molar refractivity (Wildman–Crippen MR) is 105 cm³/mol. The van der Waals surface area contributed by atoms with Crippen molar-refractivity contribution in [2.24, 2.45) is 0 Å². The molecule has 1 aliphatic heterocycles. The molecule has 2 atom stereocenters. The first-order valence-electron chi connectivity index (χ1n) is 8.86. The lowest BCUT2D eigenvalue weighted by atomic mass is 9.96. The van der Waals surface area contributed by atoms with Gasteiger partial charge in [0.25, 0.3) is 0 Å². The average Bonchev–Trinajstić information content (AvgIpc) is 2.70. The van der Waals surface area contributed by atoms with E-state index in [0.717, 1.165) is 25.5 Å². The van der Waals surface area contributed by atoms with Gasteiger partial charge in [0, 0.05) is 25.5 Å². The third kappa shape index (κ3) is 3.71. The van der Waals surface area contributed by atoms with E-state index in [1.807, 2.05) is 22.6 Å². The lowest BCUT2D eigenvalue weighted by Gasteiger charge is -2.45. The number of aromatic nitrogens is 2. The van der Waals surface area contributed by atoms with Gasteiger partial charge in [-0.3, -0.25) is 0 Å². The van der Waals surface area contributed by atoms with Gasteiger partial charge in [-0.15, -0.1) is 0 Å². The zero-order valence-electron chi connectivity index (χ0n) is 14.4. The van der Waals surface area contributed by atoms with Gasteiger partial charge in [-0.2, -0.15) is 0 Å². The molecule has 1 aromatic heterocycles. The van der Waals surface area contributed by atoms with Gasteiger partial charge >= 0.3 is 0 Å². The number of anilines is 1. The Bertz CT molecular complexity index is 813. The molecule has 1 aliphatic rings. The van der Waals surface area contributed by atoms with Crippen LogP contribution in [0.2, 0.25) is 0 Å². The van der Waals surface area contributed by atoms with Crippen molar-refractivity contribution in [3.05, 3.63) is 90.3 Å². The summed E-state index contributed by atoms with van der Waals surface area (Å²) >= 11 is 6.54. The Morgan fingerprint density at radius 3 is 2.19 bits per heavy atom. The molecule has 3 aromatic rings. The summed E-state index contributed by atoms with van der Waals surface area (Å²) in [5.41, 5.74) is 2.51. The molecule has 4 rings (SSSR count). The first kappa shape index (κ1) is 17.0. The Morgan fingerprint density at radius 1 is 0.846 bits per heavy atom. The minimum Gasteiger partial charge on any atom is -0.328 e. The van der Waals surface area contributed by atoms with Crippen molar-refractivity contribution in [3.63, 3.8) is 0 Å². The lowest BCUT2D eigenvalue weighted by molar-refractivity contribution is 0.292. The molecule has 5 heteroatoms. The quantitative estimate of drug-likeness (QED) is 0.652. The van der Waals surface area contributed by atoms with E-state index in [9.17, 15) is 0 Å². The number of hydrogen-bond donors (Lipinski definition) is 0. The molecule has 0 radical (unpaired) electrons. The zero-order valence-corrected chi connectivity index (χ0v) is 15.2. The molecule has 2 aromatic carbocycles. The Kier molecular flexibility index (Phi) is 5.14. The number of halogens is 1. The highest BCUT2D eigenvalue weighted by molar-refractivity contribution is 6.13. The normalized spacial score (nSPS) is 20.9. The lowest BCUT2D eigenvalue weighted by Crippen LogP contribution is -2.53. The summed E-state index contributed by atoms with van der Waals surface area (Å²) in [7, 11) is 0. The second kappa shape index (κ2) is 7.85. The van der Waals surface area contributed by atoms with Crippen LogP contribution < -0.4 is 4.90 Å². The summed E-state index contributed by atoms with van der Waals surface area (Å²) in [5, 5.41) is 0. The maximum absolute atomic E-state index is 6.54. The highest BCUT2D eigenvalue weighted by Crippen LogP contribution is 2.33. The smallest absolute Gasteiger partial charge is 0.226 e. The molecule has 0 spiro atoms. The molecule has 2 unspecified atom stereocenters. The van der Waals surface area contributed by atoms with Crippen LogP contribution in [0.1, 0.15) is 17.2 Å². The van der Waals surface area contributed by atoms with Crippen molar-refractivity contribution in [3.8, 4) is 0 Å². The molecular weight excluding hydrogens is 344 g/mol. The summed E-state index contributed by atoms with van der Waals surface area (Å²) in [4.78, 5) is 11.4. The molecule has 0 bridgehead atoms. The van der Waals surface area contributed by atoms with Crippen LogP contribution in [0.5, 0.6) is 0 Å². The van der Waals surface area contributed by atoms with Crippen molar-refractivity contribution in [1.29, 1.82) is 0 Å². The molecular formula is C21H21ClN4. The van der Waals surface area contributed by atoms with Crippen molar-refractivity contribution in [1.82, 2.24) is 14.4 Å². The molecule has 0 aliphatic carbocycles. The summed E-state index contributed by atoms with van der Waals surface area (Å²) < 4.78 is 1.89. The van der Waals surface area contributed by atoms with Crippen LogP contribution >= 0.6 is 11.8 Å². The van der Waals surface area contributed by atoms with Crippen LogP contribution in [0.25, 0.3) is 0 Å². The Morgan fingerprint density at radius 2 is 1.50 bits per heavy atom. The molecule has 2 heterocycles. The summed E-state index contributed by atoms with van der Waals surface area (Å²) in [6.07, 6.45) is 4.50. The molecule has 0 N–H and O–H groups in total. The fourth-order valence-corrected chi connectivity index (χ4v) is 3.93. The van der Waals surface area contributed by atoms with E-state index in [0.29, 0.717) is 0 Å². The largest absolute Gasteiger partial charge is 0.328 e. The van der Waals surface area contributed by atoms with Gasteiger partial charge in [-0.1, -0.05) is 60.7 Å². The first-order valence-corrected chi connectivity index (χ1v) is 9.20. The van der Waals surface area contributed by atoms with E-state index in [1.54, 1.807) is 12.4 Å². The maximum Gasteiger partial charge on any atom is 0.226 e. The van der Waals surface area contributed by atoms with E-state index in [1.165, 1.54) is 11.1 Å². The Hall–Kier alpha value is -2.43. The van der Waals surface area contributed by atoms with E-state index < -0.39 is 0 Å². The molecule has 4 nitrogen and oxygen atoms in total. The SMILES string of the molecule is ClN1CC(Cc2ccccc2)N(c2ncccn2)C(c2ccccc2)C1. The van der Waals surface area contributed by atoms with E-state index >= 15 is 0 Å². The minimum absolute atomic E-state index is 0.110. The zero-order chi connectivity index (χ0) is 17.8. The fourth-order valence-electron chi connectivity index (χ4n) is 3.64. The number of piperazine rings is 1. The van der Waals surface area contributed by atoms with Gasteiger partial charge in [-0.25, -0.2) is 14.4 Å². The third-order valence-corrected chi connectivity index (χ3v) is 5.07. The highest BCUT2D eigenvalue weighted by Gasteiger charge is 2.36. The second-order valence-corrected chi connectivity index (χ2v) is 7.03. The molecule has 0 amide bonds. The topological polar surface area (TPSA) is 32.3 Å². The predicted octanol–water partition coefficient (Wildman–Crippen LogP) is 4.11. The van der Waals surface area contributed by atoms with E-state index in [2.05, 4.69) is 63.4 Å². The van der Waals surface area contributed by atoms with Gasteiger partial charge in [0.1, 0.15) is 0 Å². The first-order chi connectivity index (χ1) is 12.8. The molecule has 26 heavy (non-hydrogen) atoms. The Balaban J connectivity index is 1.72. The van der Waals surface area contributed by atoms with Crippen LogP contribution in [-0.4, -0.2) is 33.5 Å². The molecule has 0 saturated carbocycles. The van der Waals surface area contributed by atoms with Gasteiger partial charge in [-0.05, 0) is 35.4 Å². The molecule has 1 fully saturated rings. The van der Waals surface area contributed by atoms with Crippen LogP contribution in [-0.2, 0) is 6.42 Å². The highest BCUT2D eigenvalue weighted by atomic mass is 35.5. The van der Waals surface area contributed by atoms with Crippen molar-refractivity contribution in [2.45, 2.75) is 18.5 Å². The Labute approximate surface area is 159 Å². The number of benzene rings is 2. The van der Waals surface area contributed by atoms with Crippen molar-refractivity contribution < 1.29 is 0 Å². The van der Waals surface area contributed by atoms with Gasteiger partial charge in [0.15, 0.2) is 0 Å². The summed E-state index contributed by atoms with van der Waals surface area (Å²) in [6.45, 7) is 1.49. The van der Waals surface area contributed by atoms with E-state index in [-0.39, 0.29) is 12.1 Å². The van der Waals surface area contributed by atoms with Crippen molar-refractivity contribution in [2.75, 3.05) is 18.0 Å². The number of nitrogens with zero attached hydrogens (tertiary/aromatic N) is 4. The monoisotopic (exact) mass is 364 g/mol. The number of rotatable bonds is 4. The molecule has 132 valence electrons. The second-order valence-electron chi connectivity index (χ2n) is 6.55. The third-order valence-electron chi connectivity index (χ3n) is 4.79. The van der Waals surface area contributed by atoms with Gasteiger partial charge in [0.2, 0.25) is 5.95 Å². The standard InChI is InChI=1S/C21H21ClN4/c22-25-15-19(14-17-8-3-1-4-9-17)26(21-23-12-7-13-24-21)20(16-25)18-10-5-2-6-11-18/h1-13,19-20H,14-16H2. The van der Waals surface area contributed by atoms with Crippen molar-refractivity contribution >= 4 is 17.7 Å². The number of hydrogen-bond acceptors (Lipinski definition) is 4. The summed E-state index contributed by atoms with van der Waals surface area (Å²) in [5.74, 6) is 0.757. The average molecular weight is 365 g/mol. The van der Waals surface area contributed by atoms with Crippen LogP contribution in [0.15, 0.2) is 79.1 Å². The molecule has 1 saturated heterocycles. The fraction of sp³-hybridized carbons (Fsp3) is 0.238. The van der Waals surface area contributed by atoms with Crippen LogP contribution in [0.4, 0.5) is 5.95 Å². The summed E-state index contributed by atoms with van der Waals surface area (Å²) in [6, 6.07) is 23.1. The van der Waals surface area contributed by atoms with Gasteiger partial charge < -0.3 is 4.90 Å². The van der Waals surface area contributed by atoms with E-state index in [4.69, 9.17) is 11.8 Å². The maximum atomic E-state index is 6.54. The van der Waals surface area contributed by atoms with Crippen LogP contribution in [0, 0.1) is 0 Å². The van der Waals surface area contributed by atoms with Crippen LogP contribution in [0.3, 0.4) is 0 Å². The van der Waals surface area contributed by atoms with Gasteiger partial charge in [0.05, 0.1) is 12.1 Å². The minimum atomic E-state index is 0.110.